The van der Waals surface area contributed by atoms with Crippen LogP contribution in [0.1, 0.15) is 6.42 Å². The van der Waals surface area contributed by atoms with Gasteiger partial charge < -0.3 is 15.0 Å². The van der Waals surface area contributed by atoms with E-state index in [4.69, 9.17) is 4.74 Å². The number of benzene rings is 1. The lowest BCUT2D eigenvalue weighted by Gasteiger charge is -2.35. The van der Waals surface area contributed by atoms with Crippen LogP contribution >= 0.6 is 0 Å². The van der Waals surface area contributed by atoms with Gasteiger partial charge in [0.25, 0.3) is 0 Å². The van der Waals surface area contributed by atoms with Crippen LogP contribution in [0.2, 0.25) is 0 Å². The van der Waals surface area contributed by atoms with E-state index in [0.717, 1.165) is 68.8 Å². The smallest absolute Gasteiger partial charge is 0.145 e. The fourth-order valence-electron chi connectivity index (χ4n) is 3.37. The average Bonchev–Trinajstić information content (AvgIpc) is 2.72. The van der Waals surface area contributed by atoms with Crippen molar-refractivity contribution in [1.29, 1.82) is 0 Å². The van der Waals surface area contributed by atoms with Crippen LogP contribution in [0.5, 0.6) is 5.75 Å². The Morgan fingerprint density at radius 2 is 1.88 bits per heavy atom. The number of rotatable bonds is 5. The van der Waals surface area contributed by atoms with Crippen LogP contribution in [-0.4, -0.2) is 61.6 Å². The molecule has 0 unspecified atom stereocenters. The number of nitrogens with zero attached hydrogens (tertiary/aromatic N) is 4. The topological polar surface area (TPSA) is 53.0 Å². The Labute approximate surface area is 154 Å². The van der Waals surface area contributed by atoms with Gasteiger partial charge in [-0.1, -0.05) is 18.2 Å². The van der Waals surface area contributed by atoms with Crippen molar-refractivity contribution in [3.63, 3.8) is 0 Å². The van der Waals surface area contributed by atoms with Gasteiger partial charge in [-0.2, -0.15) is 0 Å². The monoisotopic (exact) mass is 351 g/mol. The average molecular weight is 351 g/mol. The fraction of sp³-hybridized carbons (Fsp3) is 0.400. The number of para-hydroxylation sites is 2. The van der Waals surface area contributed by atoms with Crippen LogP contribution in [0, 0.1) is 0 Å². The third-order valence-corrected chi connectivity index (χ3v) is 4.81. The Balaban J connectivity index is 1.18. The molecule has 0 aliphatic carbocycles. The summed E-state index contributed by atoms with van der Waals surface area (Å²) in [5.41, 5.74) is 1.00. The number of aromatic nitrogens is 1. The first-order chi connectivity index (χ1) is 12.9. The molecule has 136 valence electrons. The number of hydrogen-bond donors (Lipinski definition) is 1. The molecule has 0 saturated carbocycles. The normalized spacial score (nSPS) is 18.9. The lowest BCUT2D eigenvalue weighted by atomic mass is 10.2. The molecule has 1 fully saturated rings. The second-order valence-electron chi connectivity index (χ2n) is 6.61. The summed E-state index contributed by atoms with van der Waals surface area (Å²) in [7, 11) is 0. The number of hydrogen-bond acceptors (Lipinski definition) is 5. The summed E-state index contributed by atoms with van der Waals surface area (Å²) in [5.74, 6) is 2.91. The first-order valence-electron chi connectivity index (χ1n) is 9.29. The molecule has 0 bridgehead atoms. The highest BCUT2D eigenvalue weighted by atomic mass is 16.5. The van der Waals surface area contributed by atoms with Gasteiger partial charge in [-0.05, 0) is 30.7 Å². The van der Waals surface area contributed by atoms with Crippen molar-refractivity contribution in [2.24, 2.45) is 4.99 Å². The van der Waals surface area contributed by atoms with Crippen molar-refractivity contribution in [1.82, 2.24) is 9.88 Å². The number of piperazine rings is 1. The highest BCUT2D eigenvalue weighted by molar-refractivity contribution is 5.99. The molecule has 0 spiro atoms. The number of fused-ring (bicyclic) bond motifs is 1. The maximum absolute atomic E-state index is 5.72. The molecule has 2 aliphatic heterocycles. The molecule has 0 amide bonds. The van der Waals surface area contributed by atoms with E-state index < -0.39 is 0 Å². The Kier molecular flexibility index (Phi) is 5.30. The van der Waals surface area contributed by atoms with Crippen LogP contribution in [0.4, 0.5) is 11.5 Å². The number of aliphatic imine (C=N–C) groups is 1. The minimum Gasteiger partial charge on any atom is -0.484 e. The molecule has 6 heteroatoms. The zero-order valence-electron chi connectivity index (χ0n) is 15.0. The van der Waals surface area contributed by atoms with E-state index in [-0.39, 0.29) is 0 Å². The molecule has 2 aliphatic rings. The molecule has 4 rings (SSSR count). The summed E-state index contributed by atoms with van der Waals surface area (Å²) in [6.07, 6.45) is 2.93. The second kappa shape index (κ2) is 8.19. The summed E-state index contributed by atoms with van der Waals surface area (Å²) < 4.78 is 5.72. The van der Waals surface area contributed by atoms with Crippen LogP contribution < -0.4 is 15.0 Å². The molecule has 3 heterocycles. The molecule has 0 atom stereocenters. The third-order valence-electron chi connectivity index (χ3n) is 4.81. The minimum absolute atomic E-state index is 0.528. The maximum atomic E-state index is 5.72. The van der Waals surface area contributed by atoms with Crippen LogP contribution in [0.3, 0.4) is 0 Å². The van der Waals surface area contributed by atoms with E-state index in [1.165, 1.54) is 0 Å². The van der Waals surface area contributed by atoms with Gasteiger partial charge in [-0.25, -0.2) is 4.98 Å². The molecule has 26 heavy (non-hydrogen) atoms. The molecule has 1 N–H and O–H groups in total. The number of pyridine rings is 1. The van der Waals surface area contributed by atoms with E-state index in [1.54, 1.807) is 0 Å². The quantitative estimate of drug-likeness (QED) is 0.839. The van der Waals surface area contributed by atoms with Gasteiger partial charge >= 0.3 is 0 Å². The summed E-state index contributed by atoms with van der Waals surface area (Å²) in [4.78, 5) is 14.0. The van der Waals surface area contributed by atoms with Crippen molar-refractivity contribution < 1.29 is 4.74 Å². The van der Waals surface area contributed by atoms with Gasteiger partial charge in [-0.3, -0.25) is 9.89 Å². The van der Waals surface area contributed by atoms with Crippen molar-refractivity contribution in [2.45, 2.75) is 6.42 Å². The maximum Gasteiger partial charge on any atom is 0.145 e. The Hall–Kier alpha value is -2.60. The van der Waals surface area contributed by atoms with Gasteiger partial charge in [-0.15, -0.1) is 0 Å². The van der Waals surface area contributed by atoms with Crippen LogP contribution in [0.15, 0.2) is 53.7 Å². The molecule has 2 aromatic rings. The number of amidine groups is 1. The SMILES string of the molecule is c1ccc(N2CCN(CCCN=C3COc4ccccc4N3)CC2)nc1. The zero-order valence-corrected chi connectivity index (χ0v) is 15.0. The van der Waals surface area contributed by atoms with Gasteiger partial charge in [0.1, 0.15) is 24.0 Å². The van der Waals surface area contributed by atoms with Gasteiger partial charge in [0, 0.05) is 45.5 Å². The number of nitrogens with one attached hydrogen (secondary N) is 1. The fourth-order valence-corrected chi connectivity index (χ4v) is 3.37. The minimum atomic E-state index is 0.528. The second-order valence-corrected chi connectivity index (χ2v) is 6.61. The van der Waals surface area contributed by atoms with Crippen molar-refractivity contribution in [3.05, 3.63) is 48.7 Å². The van der Waals surface area contributed by atoms with Crippen molar-refractivity contribution >= 4 is 17.3 Å². The first kappa shape index (κ1) is 16.8. The lowest BCUT2D eigenvalue weighted by Crippen LogP contribution is -2.47. The highest BCUT2D eigenvalue weighted by Gasteiger charge is 2.17. The van der Waals surface area contributed by atoms with E-state index >= 15 is 0 Å². The standard InChI is InChI=1S/C20H25N5O/c1-2-7-18-17(6-1)23-19(16-26-18)21-10-5-11-24-12-14-25(15-13-24)20-8-3-4-9-22-20/h1-4,6-9H,5,10-16H2,(H,21,23). The Bertz CT molecular complexity index is 741. The van der Waals surface area contributed by atoms with Gasteiger partial charge in [0.2, 0.25) is 0 Å². The van der Waals surface area contributed by atoms with Gasteiger partial charge in [0.05, 0.1) is 5.69 Å². The lowest BCUT2D eigenvalue weighted by molar-refractivity contribution is 0.256. The summed E-state index contributed by atoms with van der Waals surface area (Å²) in [6, 6.07) is 14.1. The predicted molar refractivity (Wildman–Crippen MR) is 105 cm³/mol. The molecule has 6 nitrogen and oxygen atoms in total. The van der Waals surface area contributed by atoms with E-state index in [2.05, 4.69) is 37.2 Å². The molecule has 1 saturated heterocycles. The van der Waals surface area contributed by atoms with E-state index in [9.17, 15) is 0 Å². The van der Waals surface area contributed by atoms with E-state index in [1.807, 2.05) is 36.5 Å². The van der Waals surface area contributed by atoms with Gasteiger partial charge in [0.15, 0.2) is 0 Å². The Morgan fingerprint density at radius 1 is 1.04 bits per heavy atom. The number of anilines is 2. The molecular weight excluding hydrogens is 326 g/mol. The van der Waals surface area contributed by atoms with Crippen molar-refractivity contribution in [3.8, 4) is 5.75 Å². The first-order valence-corrected chi connectivity index (χ1v) is 9.29. The Morgan fingerprint density at radius 3 is 2.73 bits per heavy atom. The predicted octanol–water partition coefficient (Wildman–Crippen LogP) is 2.50. The van der Waals surface area contributed by atoms with Crippen LogP contribution in [-0.2, 0) is 0 Å². The molecule has 0 radical (unpaired) electrons. The summed E-state index contributed by atoms with van der Waals surface area (Å²) >= 11 is 0. The largest absolute Gasteiger partial charge is 0.484 e. The summed E-state index contributed by atoms with van der Waals surface area (Å²) in [6.45, 7) is 6.69. The van der Waals surface area contributed by atoms with E-state index in [0.29, 0.717) is 6.61 Å². The zero-order chi connectivity index (χ0) is 17.6. The summed E-state index contributed by atoms with van der Waals surface area (Å²) in [5, 5.41) is 3.36. The molecule has 1 aromatic carbocycles. The van der Waals surface area contributed by atoms with Crippen molar-refractivity contribution in [2.75, 3.05) is 56.1 Å². The highest BCUT2D eigenvalue weighted by Crippen LogP contribution is 2.26. The molecule has 1 aromatic heterocycles. The molecular formula is C20H25N5O. The third kappa shape index (κ3) is 4.14. The van der Waals surface area contributed by atoms with Crippen LogP contribution in [0.25, 0.3) is 0 Å². The number of ether oxygens (including phenoxy) is 1.